The monoisotopic (exact) mass is 282 g/mol. The average molecular weight is 282 g/mol. The Labute approximate surface area is 124 Å². The van der Waals surface area contributed by atoms with Crippen molar-refractivity contribution >= 4 is 11.6 Å². The van der Waals surface area contributed by atoms with Gasteiger partial charge in [-0.2, -0.15) is 0 Å². The van der Waals surface area contributed by atoms with Crippen LogP contribution in [0, 0.1) is 0 Å². The van der Waals surface area contributed by atoms with Gasteiger partial charge in [-0.25, -0.2) is 0 Å². The van der Waals surface area contributed by atoms with Crippen LogP contribution in [0.2, 0.25) is 0 Å². The van der Waals surface area contributed by atoms with Gasteiger partial charge in [-0.3, -0.25) is 9.78 Å². The van der Waals surface area contributed by atoms with E-state index in [4.69, 9.17) is 4.74 Å². The molecule has 0 aliphatic carbocycles. The van der Waals surface area contributed by atoms with E-state index < -0.39 is 6.10 Å². The standard InChI is InChI=1S/C17H18N2O2/c1-13(21-14-7-3-2-4-8-14)17(20)19-12-6-9-15-16(19)10-5-11-18-15/h2-5,7-8,10-11,13H,6,9,12H2,1H3/t13-/m0/s1. The number of rotatable bonds is 3. The number of carbonyl (C=O) groups excluding carboxylic acids is 1. The molecule has 2 heterocycles. The maximum absolute atomic E-state index is 12.6. The first-order valence-corrected chi connectivity index (χ1v) is 7.22. The Bertz CT molecular complexity index is 628. The van der Waals surface area contributed by atoms with Crippen molar-refractivity contribution in [1.29, 1.82) is 0 Å². The van der Waals surface area contributed by atoms with Gasteiger partial charge in [-0.05, 0) is 44.0 Å². The predicted octanol–water partition coefficient (Wildman–Crippen LogP) is 2.83. The summed E-state index contributed by atoms with van der Waals surface area (Å²) in [6, 6.07) is 13.2. The zero-order valence-electron chi connectivity index (χ0n) is 12.0. The van der Waals surface area contributed by atoms with E-state index in [-0.39, 0.29) is 5.91 Å². The minimum Gasteiger partial charge on any atom is -0.481 e. The normalized spacial score (nSPS) is 15.2. The van der Waals surface area contributed by atoms with E-state index in [0.717, 1.165) is 30.8 Å². The number of anilines is 1. The molecular weight excluding hydrogens is 264 g/mol. The van der Waals surface area contributed by atoms with Crippen LogP contribution in [0.3, 0.4) is 0 Å². The van der Waals surface area contributed by atoms with Crippen LogP contribution in [0.4, 0.5) is 5.69 Å². The number of para-hydroxylation sites is 1. The number of aromatic nitrogens is 1. The molecule has 0 N–H and O–H groups in total. The second-order valence-corrected chi connectivity index (χ2v) is 5.14. The zero-order chi connectivity index (χ0) is 14.7. The van der Waals surface area contributed by atoms with Crippen molar-refractivity contribution in [3.63, 3.8) is 0 Å². The van der Waals surface area contributed by atoms with Gasteiger partial charge in [0.25, 0.3) is 5.91 Å². The number of pyridine rings is 1. The first-order chi connectivity index (χ1) is 10.3. The molecule has 4 nitrogen and oxygen atoms in total. The number of carbonyl (C=O) groups is 1. The highest BCUT2D eigenvalue weighted by Crippen LogP contribution is 2.26. The maximum atomic E-state index is 12.6. The molecule has 3 rings (SSSR count). The molecule has 2 aromatic rings. The third kappa shape index (κ3) is 2.89. The largest absolute Gasteiger partial charge is 0.481 e. The molecule has 108 valence electrons. The number of fused-ring (bicyclic) bond motifs is 1. The van der Waals surface area contributed by atoms with Gasteiger partial charge in [0.15, 0.2) is 6.10 Å². The highest BCUT2D eigenvalue weighted by Gasteiger charge is 2.27. The third-order valence-corrected chi connectivity index (χ3v) is 3.62. The van der Waals surface area contributed by atoms with Crippen LogP contribution in [0.15, 0.2) is 48.7 Å². The summed E-state index contributed by atoms with van der Waals surface area (Å²) < 4.78 is 5.73. The summed E-state index contributed by atoms with van der Waals surface area (Å²) >= 11 is 0. The number of ether oxygens (including phenoxy) is 1. The summed E-state index contributed by atoms with van der Waals surface area (Å²) in [5, 5.41) is 0. The van der Waals surface area contributed by atoms with Gasteiger partial charge < -0.3 is 9.64 Å². The van der Waals surface area contributed by atoms with E-state index in [1.54, 1.807) is 18.0 Å². The van der Waals surface area contributed by atoms with Crippen LogP contribution in [-0.4, -0.2) is 23.5 Å². The van der Waals surface area contributed by atoms with Crippen molar-refractivity contribution in [2.24, 2.45) is 0 Å². The molecule has 1 aliphatic rings. The molecule has 1 aliphatic heterocycles. The van der Waals surface area contributed by atoms with Gasteiger partial charge >= 0.3 is 0 Å². The molecule has 1 aromatic carbocycles. The van der Waals surface area contributed by atoms with E-state index in [1.807, 2.05) is 42.5 Å². The van der Waals surface area contributed by atoms with Crippen LogP contribution in [0.5, 0.6) is 5.75 Å². The van der Waals surface area contributed by atoms with E-state index >= 15 is 0 Å². The molecule has 1 atom stereocenters. The minimum absolute atomic E-state index is 0.0206. The van der Waals surface area contributed by atoms with E-state index in [0.29, 0.717) is 5.75 Å². The number of hydrogen-bond donors (Lipinski definition) is 0. The first kappa shape index (κ1) is 13.6. The molecule has 0 unspecified atom stereocenters. The van der Waals surface area contributed by atoms with Gasteiger partial charge in [-0.15, -0.1) is 0 Å². The number of aryl methyl sites for hydroxylation is 1. The van der Waals surface area contributed by atoms with Crippen molar-refractivity contribution in [3.05, 3.63) is 54.4 Å². The van der Waals surface area contributed by atoms with Crippen molar-refractivity contribution in [3.8, 4) is 5.75 Å². The van der Waals surface area contributed by atoms with Gasteiger partial charge in [-0.1, -0.05) is 18.2 Å². The molecule has 0 radical (unpaired) electrons. The smallest absolute Gasteiger partial charge is 0.267 e. The minimum atomic E-state index is -0.515. The van der Waals surface area contributed by atoms with Crippen molar-refractivity contribution in [2.45, 2.75) is 25.9 Å². The summed E-state index contributed by atoms with van der Waals surface area (Å²) in [4.78, 5) is 18.8. The SMILES string of the molecule is C[C@H](Oc1ccccc1)C(=O)N1CCCc2ncccc21. The quantitative estimate of drug-likeness (QED) is 0.869. The van der Waals surface area contributed by atoms with Crippen LogP contribution in [-0.2, 0) is 11.2 Å². The fourth-order valence-corrected chi connectivity index (χ4v) is 2.59. The molecule has 21 heavy (non-hydrogen) atoms. The van der Waals surface area contributed by atoms with E-state index in [2.05, 4.69) is 4.98 Å². The van der Waals surface area contributed by atoms with Crippen molar-refractivity contribution in [2.75, 3.05) is 11.4 Å². The Hall–Kier alpha value is -2.36. The Morgan fingerprint density at radius 2 is 2.05 bits per heavy atom. The average Bonchev–Trinajstić information content (AvgIpc) is 2.54. The summed E-state index contributed by atoms with van der Waals surface area (Å²) in [6.45, 7) is 2.51. The van der Waals surface area contributed by atoms with E-state index in [9.17, 15) is 4.79 Å². The summed E-state index contributed by atoms with van der Waals surface area (Å²) in [6.07, 6.45) is 3.12. The lowest BCUT2D eigenvalue weighted by atomic mass is 10.1. The zero-order valence-corrected chi connectivity index (χ0v) is 12.0. The van der Waals surface area contributed by atoms with Gasteiger partial charge in [0, 0.05) is 12.7 Å². The summed E-state index contributed by atoms with van der Waals surface area (Å²) in [5.41, 5.74) is 1.90. The van der Waals surface area contributed by atoms with Crippen molar-refractivity contribution in [1.82, 2.24) is 4.98 Å². The predicted molar refractivity (Wildman–Crippen MR) is 81.4 cm³/mol. The highest BCUT2D eigenvalue weighted by molar-refractivity contribution is 5.97. The molecule has 4 heteroatoms. The Kier molecular flexibility index (Phi) is 3.86. The third-order valence-electron chi connectivity index (χ3n) is 3.62. The van der Waals surface area contributed by atoms with Crippen LogP contribution in [0.25, 0.3) is 0 Å². The number of benzene rings is 1. The van der Waals surface area contributed by atoms with Crippen molar-refractivity contribution < 1.29 is 9.53 Å². The summed E-state index contributed by atoms with van der Waals surface area (Å²) in [5.74, 6) is 0.689. The molecule has 0 saturated carbocycles. The number of nitrogens with zero attached hydrogens (tertiary/aromatic N) is 2. The van der Waals surface area contributed by atoms with Crippen LogP contribution < -0.4 is 9.64 Å². The fourth-order valence-electron chi connectivity index (χ4n) is 2.59. The van der Waals surface area contributed by atoms with Crippen LogP contribution >= 0.6 is 0 Å². The molecule has 0 saturated heterocycles. The fraction of sp³-hybridized carbons (Fsp3) is 0.294. The van der Waals surface area contributed by atoms with Gasteiger partial charge in [0.05, 0.1) is 11.4 Å². The van der Waals surface area contributed by atoms with Gasteiger partial charge in [0.1, 0.15) is 5.75 Å². The van der Waals surface area contributed by atoms with Gasteiger partial charge in [0.2, 0.25) is 0 Å². The second kappa shape index (κ2) is 5.95. The Balaban J connectivity index is 1.77. The molecule has 0 bridgehead atoms. The topological polar surface area (TPSA) is 42.4 Å². The highest BCUT2D eigenvalue weighted by atomic mass is 16.5. The molecule has 1 amide bonds. The molecular formula is C17H18N2O2. The first-order valence-electron chi connectivity index (χ1n) is 7.22. The lowest BCUT2D eigenvalue weighted by Crippen LogP contribution is -2.43. The number of hydrogen-bond acceptors (Lipinski definition) is 3. The Morgan fingerprint density at radius 1 is 1.24 bits per heavy atom. The lowest BCUT2D eigenvalue weighted by Gasteiger charge is -2.30. The van der Waals surface area contributed by atoms with E-state index in [1.165, 1.54) is 0 Å². The summed E-state index contributed by atoms with van der Waals surface area (Å²) in [7, 11) is 0. The maximum Gasteiger partial charge on any atom is 0.267 e. The number of amides is 1. The Morgan fingerprint density at radius 3 is 2.86 bits per heavy atom. The molecule has 1 aromatic heterocycles. The second-order valence-electron chi connectivity index (χ2n) is 5.14. The lowest BCUT2D eigenvalue weighted by molar-refractivity contribution is -0.124. The molecule has 0 spiro atoms. The van der Waals surface area contributed by atoms with Crippen LogP contribution in [0.1, 0.15) is 19.0 Å². The molecule has 0 fully saturated rings.